The Morgan fingerprint density at radius 1 is 1.37 bits per heavy atom. The average molecular weight is 257 g/mol. The molecule has 2 heterocycles. The molecule has 0 unspecified atom stereocenters. The van der Waals surface area contributed by atoms with Gasteiger partial charge in [0.2, 0.25) is 0 Å². The molecule has 0 aromatic carbocycles. The van der Waals surface area contributed by atoms with Crippen LogP contribution in [-0.2, 0) is 0 Å². The van der Waals surface area contributed by atoms with Gasteiger partial charge in [0.05, 0.1) is 0 Å². The normalized spacial score (nSPS) is 15.5. The van der Waals surface area contributed by atoms with Gasteiger partial charge in [-0.3, -0.25) is 0 Å². The summed E-state index contributed by atoms with van der Waals surface area (Å²) in [5, 5.41) is 3.28. The highest BCUT2D eigenvalue weighted by Crippen LogP contribution is 2.39. The van der Waals surface area contributed by atoms with Crippen LogP contribution in [0, 0.1) is 5.92 Å². The molecule has 3 heteroatoms. The molecule has 0 radical (unpaired) electrons. The summed E-state index contributed by atoms with van der Waals surface area (Å²) in [6.07, 6.45) is 2.85. The molecule has 0 saturated heterocycles. The van der Waals surface area contributed by atoms with Crippen molar-refractivity contribution in [3.63, 3.8) is 0 Å². The molecular formula is C16H23N3. The van der Waals surface area contributed by atoms with Crippen LogP contribution in [0.4, 0.5) is 5.82 Å². The molecule has 0 spiro atoms. The number of nitrogens with zero attached hydrogens (tertiary/aromatic N) is 2. The van der Waals surface area contributed by atoms with Crippen LogP contribution in [0.3, 0.4) is 0 Å². The minimum atomic E-state index is -0.0249. The molecule has 0 atom stereocenters. The van der Waals surface area contributed by atoms with Crippen molar-refractivity contribution in [3.05, 3.63) is 42.9 Å². The van der Waals surface area contributed by atoms with Gasteiger partial charge in [-0.15, -0.1) is 0 Å². The van der Waals surface area contributed by atoms with Crippen LogP contribution in [0.15, 0.2) is 37.3 Å². The zero-order valence-electron chi connectivity index (χ0n) is 12.3. The van der Waals surface area contributed by atoms with E-state index in [1.165, 1.54) is 0 Å². The fourth-order valence-electron chi connectivity index (χ4n) is 3.03. The van der Waals surface area contributed by atoms with E-state index in [0.29, 0.717) is 5.92 Å². The van der Waals surface area contributed by atoms with Gasteiger partial charge < -0.3 is 10.2 Å². The van der Waals surface area contributed by atoms with Gasteiger partial charge in [0, 0.05) is 23.0 Å². The van der Waals surface area contributed by atoms with Crippen LogP contribution in [0.2, 0.25) is 0 Å². The number of pyridine rings is 1. The van der Waals surface area contributed by atoms with E-state index < -0.39 is 0 Å². The van der Waals surface area contributed by atoms with Crippen molar-refractivity contribution >= 4 is 11.5 Å². The third-order valence-corrected chi connectivity index (χ3v) is 3.43. The quantitative estimate of drug-likeness (QED) is 0.884. The maximum Gasteiger partial charge on any atom is 0.140 e. The van der Waals surface area contributed by atoms with Crippen molar-refractivity contribution in [1.82, 2.24) is 9.88 Å². The molecule has 0 fully saturated rings. The van der Waals surface area contributed by atoms with Crippen LogP contribution in [-0.4, -0.2) is 15.4 Å². The highest BCUT2D eigenvalue weighted by molar-refractivity contribution is 5.77. The number of anilines is 1. The Hall–Kier alpha value is -1.77. The predicted molar refractivity (Wildman–Crippen MR) is 81.4 cm³/mol. The maximum absolute atomic E-state index is 4.34. The van der Waals surface area contributed by atoms with E-state index in [-0.39, 0.29) is 5.54 Å². The molecule has 1 aliphatic heterocycles. The molecule has 2 rings (SSSR count). The summed E-state index contributed by atoms with van der Waals surface area (Å²) in [5.74, 6) is 2.31. The molecular weight excluding hydrogens is 234 g/mol. The fraction of sp³-hybridized carbons (Fsp3) is 0.438. The lowest BCUT2D eigenvalue weighted by Gasteiger charge is -2.46. The average Bonchev–Trinajstić information content (AvgIpc) is 2.26. The van der Waals surface area contributed by atoms with E-state index in [1.807, 2.05) is 12.1 Å². The first kappa shape index (κ1) is 13.7. The second kappa shape index (κ2) is 4.72. The SMILES string of the molecule is C=C1Nc2ncccc2C(=C)N1C(C)(C)CC(C)C. The fourth-order valence-corrected chi connectivity index (χ4v) is 3.03. The molecule has 0 bridgehead atoms. The maximum atomic E-state index is 4.34. The lowest BCUT2D eigenvalue weighted by atomic mass is 9.89. The minimum absolute atomic E-state index is 0.0249. The Bertz CT molecular complexity index is 514. The van der Waals surface area contributed by atoms with Crippen molar-refractivity contribution in [2.24, 2.45) is 5.92 Å². The third-order valence-electron chi connectivity index (χ3n) is 3.43. The highest BCUT2D eigenvalue weighted by atomic mass is 15.3. The van der Waals surface area contributed by atoms with Crippen LogP contribution >= 0.6 is 0 Å². The summed E-state index contributed by atoms with van der Waals surface area (Å²) in [4.78, 5) is 6.53. The molecule has 19 heavy (non-hydrogen) atoms. The Balaban J connectivity index is 2.39. The summed E-state index contributed by atoms with van der Waals surface area (Å²) in [5.41, 5.74) is 1.99. The number of nitrogens with one attached hydrogen (secondary N) is 1. The predicted octanol–water partition coefficient (Wildman–Crippen LogP) is 4.08. The van der Waals surface area contributed by atoms with Gasteiger partial charge in [-0.05, 0) is 38.3 Å². The topological polar surface area (TPSA) is 28.2 Å². The lowest BCUT2D eigenvalue weighted by Crippen LogP contribution is -2.46. The van der Waals surface area contributed by atoms with Crippen LogP contribution in [0.25, 0.3) is 5.70 Å². The van der Waals surface area contributed by atoms with Crippen LogP contribution in [0.1, 0.15) is 39.7 Å². The van der Waals surface area contributed by atoms with Crippen molar-refractivity contribution in [1.29, 1.82) is 0 Å². The van der Waals surface area contributed by atoms with Crippen molar-refractivity contribution in [3.8, 4) is 0 Å². The monoisotopic (exact) mass is 257 g/mol. The summed E-state index contributed by atoms with van der Waals surface area (Å²) in [6, 6.07) is 3.98. The van der Waals surface area contributed by atoms with Gasteiger partial charge in [-0.25, -0.2) is 4.98 Å². The third kappa shape index (κ3) is 2.50. The molecule has 0 saturated carbocycles. The van der Waals surface area contributed by atoms with E-state index in [9.17, 15) is 0 Å². The first-order valence-electron chi connectivity index (χ1n) is 6.73. The van der Waals surface area contributed by atoms with Gasteiger partial charge in [0.1, 0.15) is 11.6 Å². The molecule has 1 aromatic heterocycles. The lowest BCUT2D eigenvalue weighted by molar-refractivity contribution is 0.207. The van der Waals surface area contributed by atoms with Gasteiger partial charge in [0.25, 0.3) is 0 Å². The molecule has 0 amide bonds. The zero-order valence-corrected chi connectivity index (χ0v) is 12.3. The molecule has 1 aromatic rings. The van der Waals surface area contributed by atoms with Crippen molar-refractivity contribution in [2.45, 2.75) is 39.7 Å². The molecule has 3 nitrogen and oxygen atoms in total. The van der Waals surface area contributed by atoms with Crippen molar-refractivity contribution < 1.29 is 0 Å². The highest BCUT2D eigenvalue weighted by Gasteiger charge is 2.34. The van der Waals surface area contributed by atoms with E-state index >= 15 is 0 Å². The first-order valence-corrected chi connectivity index (χ1v) is 6.73. The van der Waals surface area contributed by atoms with Crippen LogP contribution < -0.4 is 5.32 Å². The van der Waals surface area contributed by atoms with Crippen LogP contribution in [0.5, 0.6) is 0 Å². The van der Waals surface area contributed by atoms with Crippen molar-refractivity contribution in [2.75, 3.05) is 5.32 Å². The molecule has 1 N–H and O–H groups in total. The second-order valence-corrected chi connectivity index (χ2v) is 6.16. The summed E-state index contributed by atoms with van der Waals surface area (Å²) in [7, 11) is 0. The van der Waals surface area contributed by atoms with E-state index in [0.717, 1.165) is 29.3 Å². The number of aromatic nitrogens is 1. The molecule has 102 valence electrons. The number of hydrogen-bond acceptors (Lipinski definition) is 3. The van der Waals surface area contributed by atoms with E-state index in [2.05, 4.69) is 56.1 Å². The van der Waals surface area contributed by atoms with Gasteiger partial charge in [-0.2, -0.15) is 0 Å². The van der Waals surface area contributed by atoms with Gasteiger partial charge in [0.15, 0.2) is 0 Å². The Labute approximate surface area is 116 Å². The number of hydrogen-bond donors (Lipinski definition) is 1. The van der Waals surface area contributed by atoms with Gasteiger partial charge >= 0.3 is 0 Å². The summed E-state index contributed by atoms with van der Waals surface area (Å²) in [6.45, 7) is 17.3. The largest absolute Gasteiger partial charge is 0.326 e. The Kier molecular flexibility index (Phi) is 3.40. The number of fused-ring (bicyclic) bond motifs is 1. The molecule has 1 aliphatic rings. The zero-order chi connectivity index (χ0) is 14.2. The van der Waals surface area contributed by atoms with E-state index in [4.69, 9.17) is 0 Å². The first-order chi connectivity index (χ1) is 8.83. The standard InChI is InChI=1S/C16H23N3/c1-11(2)10-16(5,6)19-12(3)14-8-7-9-17-15(14)18-13(19)4/h7-9,11H,3-4,10H2,1-2,5-6H3,(H,17,18). The molecule has 0 aliphatic carbocycles. The summed E-state index contributed by atoms with van der Waals surface area (Å²) < 4.78 is 0. The summed E-state index contributed by atoms with van der Waals surface area (Å²) >= 11 is 0. The second-order valence-electron chi connectivity index (χ2n) is 6.16. The minimum Gasteiger partial charge on any atom is -0.326 e. The Morgan fingerprint density at radius 3 is 2.68 bits per heavy atom. The van der Waals surface area contributed by atoms with E-state index in [1.54, 1.807) is 6.20 Å². The van der Waals surface area contributed by atoms with Gasteiger partial charge in [-0.1, -0.05) is 27.0 Å². The Morgan fingerprint density at radius 2 is 2.05 bits per heavy atom. The number of rotatable bonds is 3. The smallest absolute Gasteiger partial charge is 0.140 e.